The maximum Gasteiger partial charge on any atom is 0.494 e. The first kappa shape index (κ1) is 66.3. The summed E-state index contributed by atoms with van der Waals surface area (Å²) in [6.07, 6.45) is 5.05. The maximum atomic E-state index is 14.4. The number of para-hydroxylation sites is 2. The number of rotatable bonds is 14. The van der Waals surface area contributed by atoms with E-state index in [2.05, 4.69) is 40.3 Å². The number of nitrogens with two attached hydrogens (primary N) is 2. The largest absolute Gasteiger partial charge is 0.494 e. The van der Waals surface area contributed by atoms with Gasteiger partial charge in [-0.2, -0.15) is 0 Å². The van der Waals surface area contributed by atoms with E-state index in [1.165, 1.54) is 41.4 Å². The second-order valence-corrected chi connectivity index (χ2v) is 27.1. The molecule has 1 saturated heterocycles. The van der Waals surface area contributed by atoms with E-state index < -0.39 is 44.4 Å². The summed E-state index contributed by atoms with van der Waals surface area (Å²) >= 11 is 6.35. The Labute approximate surface area is 539 Å². The van der Waals surface area contributed by atoms with E-state index in [4.69, 9.17) is 45.5 Å². The average Bonchev–Trinajstić information content (AvgIpc) is 0.907. The number of fused-ring (bicyclic) bond motifs is 2. The third kappa shape index (κ3) is 14.2. The van der Waals surface area contributed by atoms with Crippen LogP contribution in [0.3, 0.4) is 0 Å². The number of hydrogen-bond acceptors (Lipinski definition) is 16. The Morgan fingerprint density at radius 3 is 1.48 bits per heavy atom. The fourth-order valence-corrected chi connectivity index (χ4v) is 11.4. The summed E-state index contributed by atoms with van der Waals surface area (Å²) < 4.78 is 65.3. The summed E-state index contributed by atoms with van der Waals surface area (Å²) in [7, 11) is -4.24. The molecule has 1 aliphatic heterocycles. The second kappa shape index (κ2) is 26.7. The van der Waals surface area contributed by atoms with Gasteiger partial charge in [0.05, 0.1) is 76.1 Å². The molecular weight excluding hydrogens is 1230 g/mol. The van der Waals surface area contributed by atoms with Gasteiger partial charge >= 0.3 is 7.12 Å². The molecule has 0 aliphatic carbocycles. The van der Waals surface area contributed by atoms with Crippen molar-refractivity contribution in [2.24, 2.45) is 0 Å². The van der Waals surface area contributed by atoms with Crippen molar-refractivity contribution in [3.05, 3.63) is 230 Å². The van der Waals surface area contributed by atoms with E-state index >= 15 is 0 Å². The van der Waals surface area contributed by atoms with Gasteiger partial charge in [-0.15, -0.1) is 0 Å². The first-order valence-electron chi connectivity index (χ1n) is 28.6. The first-order chi connectivity index (χ1) is 43.5. The number of anilines is 6. The highest BCUT2D eigenvalue weighted by molar-refractivity contribution is 7.92. The van der Waals surface area contributed by atoms with Crippen LogP contribution in [0.1, 0.15) is 65.0 Å². The van der Waals surface area contributed by atoms with Gasteiger partial charge in [-0.05, 0) is 136 Å². The van der Waals surface area contributed by atoms with Gasteiger partial charge in [0.15, 0.2) is 0 Å². The summed E-state index contributed by atoms with van der Waals surface area (Å²) in [6.45, 7) is 26.5. The molecule has 6 N–H and O–H groups in total. The summed E-state index contributed by atoms with van der Waals surface area (Å²) in [6, 6.07) is 46.8. The number of aromatic nitrogens is 6. The minimum Gasteiger partial charge on any atom is -0.399 e. The Hall–Kier alpha value is -10.1. The highest BCUT2D eigenvalue weighted by atomic mass is 35.5. The lowest BCUT2D eigenvalue weighted by Gasteiger charge is -2.32. The quantitative estimate of drug-likeness (QED) is 0.0582. The van der Waals surface area contributed by atoms with Gasteiger partial charge < -0.3 is 31.4 Å². The van der Waals surface area contributed by atoms with Crippen molar-refractivity contribution in [1.82, 2.24) is 29.1 Å². The molecule has 2 atom stereocenters. The lowest BCUT2D eigenvalue weighted by atomic mass is 9.79. The van der Waals surface area contributed by atoms with Crippen LogP contribution in [0.4, 0.5) is 46.3 Å². The van der Waals surface area contributed by atoms with Crippen LogP contribution in [0.2, 0.25) is 5.02 Å². The number of hydrogen-bond donors (Lipinski definition) is 4. The Morgan fingerprint density at radius 1 is 0.587 bits per heavy atom. The van der Waals surface area contributed by atoms with Gasteiger partial charge in [0.2, 0.25) is 43.3 Å². The van der Waals surface area contributed by atoms with E-state index in [1.54, 1.807) is 57.7 Å². The third-order valence-corrected chi connectivity index (χ3v) is 18.5. The van der Waals surface area contributed by atoms with Gasteiger partial charge in [0, 0.05) is 49.3 Å². The zero-order chi connectivity index (χ0) is 66.6. The minimum absolute atomic E-state index is 0.0273. The van der Waals surface area contributed by atoms with Gasteiger partial charge in [-0.1, -0.05) is 103 Å². The Morgan fingerprint density at radius 2 is 1.01 bits per heavy atom. The van der Waals surface area contributed by atoms with Crippen molar-refractivity contribution in [3.63, 3.8) is 0 Å². The predicted octanol–water partition coefficient (Wildman–Crippen LogP) is 11.3. The molecule has 92 heavy (non-hydrogen) atoms. The fraction of sp³-hybridized carbons (Fsp3) is 0.212. The third-order valence-electron chi connectivity index (χ3n) is 15.8. The number of nitrogen functional groups attached to an aromatic ring is 2. The predicted molar refractivity (Wildman–Crippen MR) is 368 cm³/mol. The molecule has 0 spiro atoms. The first-order valence-corrected chi connectivity index (χ1v) is 32.7. The SMILES string of the molecule is CN(c1cccc(B2OC(C)(C)C(C)(C)O2)c1)S(C)(=O)=O.[C-]#[N+]c1cnc(N)nc1N[C@@H](C)c1cc2cccc(-c3cccc(N(C)S(C)(=O)=O)c3)c2c(=O)n1-c1ccccc1.[C-]#[N+]c1cnc(N)nc1N[C@@H](C)c1cc2cccc(Cl)c2c(=O)n1-c1ccccc1. The molecule has 0 amide bonds. The van der Waals surface area contributed by atoms with Crippen LogP contribution in [0, 0.1) is 13.1 Å². The Bertz CT molecular complexity index is 4880. The summed E-state index contributed by atoms with van der Waals surface area (Å²) in [4.78, 5) is 50.9. The monoisotopic (exact) mass is 1290 g/mol. The molecule has 6 aromatic carbocycles. The summed E-state index contributed by atoms with van der Waals surface area (Å²) in [5.74, 6) is 0.665. The fourth-order valence-electron chi connectivity index (χ4n) is 10.1. The number of benzene rings is 6. The van der Waals surface area contributed by atoms with Crippen molar-refractivity contribution >= 4 is 112 Å². The van der Waals surface area contributed by atoms with Crippen molar-refractivity contribution < 1.29 is 26.1 Å². The van der Waals surface area contributed by atoms with E-state index in [9.17, 15) is 26.4 Å². The molecule has 22 nitrogen and oxygen atoms in total. The molecule has 11 rings (SSSR count). The molecule has 1 aliphatic rings. The molecule has 0 bridgehead atoms. The van der Waals surface area contributed by atoms with Gasteiger partial charge in [0.1, 0.15) is 11.6 Å². The van der Waals surface area contributed by atoms with Crippen LogP contribution in [-0.2, 0) is 29.4 Å². The van der Waals surface area contributed by atoms with Crippen molar-refractivity contribution in [3.8, 4) is 22.5 Å². The van der Waals surface area contributed by atoms with Crippen molar-refractivity contribution in [2.75, 3.05) is 57.3 Å². The van der Waals surface area contributed by atoms with Gasteiger partial charge in [-0.3, -0.25) is 27.3 Å². The minimum atomic E-state index is -3.47. The lowest BCUT2D eigenvalue weighted by Crippen LogP contribution is -2.41. The summed E-state index contributed by atoms with van der Waals surface area (Å²) in [5.41, 5.74) is 16.6. The highest BCUT2D eigenvalue weighted by Crippen LogP contribution is 2.38. The molecule has 0 saturated carbocycles. The molecular formula is C66H66BClN14O8S2. The topological polar surface area (TPSA) is 274 Å². The van der Waals surface area contributed by atoms with E-state index in [0.29, 0.717) is 72.3 Å². The van der Waals surface area contributed by atoms with Crippen LogP contribution in [0.5, 0.6) is 0 Å². The zero-order valence-electron chi connectivity index (χ0n) is 52.0. The second-order valence-electron chi connectivity index (χ2n) is 22.6. The summed E-state index contributed by atoms with van der Waals surface area (Å²) in [5, 5.41) is 9.20. The standard InChI is InChI=1S/C30H27N7O3S.C22H17ClN6O.C14H22BNO4S/c1-19(34-28-25(32-2)18-33-30(31)35-28)26-17-21-11-9-15-24(20-10-8-14-23(16-20)36(3)41(4,39)40)27(21)29(38)37(26)22-12-6-5-7-13-22;1-13(27-20-17(25-2)12-26-22(24)28-20)18-11-14-7-6-10-16(23)19(14)21(30)29(18)15-8-4-3-5-9-15;1-13(2)14(3,4)20-15(19-13)11-8-7-9-12(10-11)16(5)21(6,17)18/h5-19H,1,3-4H3,(H3,31,33,34,35);3-13H,1H3,(H3,24,26,27,28);7-10H,1-6H3/t19-;13-;/m00./s1. The van der Waals surface area contributed by atoms with E-state index in [-0.39, 0.29) is 46.2 Å². The van der Waals surface area contributed by atoms with E-state index in [1.807, 2.05) is 151 Å². The molecule has 1 fully saturated rings. The average molecular weight is 1290 g/mol. The number of nitrogens with one attached hydrogen (secondary N) is 2. The highest BCUT2D eigenvalue weighted by Gasteiger charge is 2.51. The molecule has 5 heterocycles. The normalized spacial score (nSPS) is 13.9. The number of sulfonamides is 2. The van der Waals surface area contributed by atoms with E-state index in [0.717, 1.165) is 17.1 Å². The number of halogens is 1. The number of pyridine rings is 2. The van der Waals surface area contributed by atoms with Crippen LogP contribution < -0.4 is 47.3 Å². The molecule has 26 heteroatoms. The van der Waals surface area contributed by atoms with Crippen molar-refractivity contribution in [2.45, 2.75) is 64.8 Å². The lowest BCUT2D eigenvalue weighted by molar-refractivity contribution is 0.00578. The smallest absolute Gasteiger partial charge is 0.399 e. The van der Waals surface area contributed by atoms with Crippen LogP contribution in [0.25, 0.3) is 53.7 Å². The molecule has 0 radical (unpaired) electrons. The Kier molecular flexibility index (Phi) is 19.3. The number of nitrogens with zero attached hydrogens (tertiary/aromatic N) is 10. The van der Waals surface area contributed by atoms with Gasteiger partial charge in [0.25, 0.3) is 11.1 Å². The molecule has 4 aromatic heterocycles. The van der Waals surface area contributed by atoms with Crippen LogP contribution in [-0.4, -0.2) is 90.8 Å². The van der Waals surface area contributed by atoms with Crippen LogP contribution in [0.15, 0.2) is 180 Å². The van der Waals surface area contributed by atoms with Crippen LogP contribution >= 0.6 is 11.6 Å². The van der Waals surface area contributed by atoms with Crippen molar-refractivity contribution in [1.29, 1.82) is 0 Å². The maximum absolute atomic E-state index is 14.4. The molecule has 470 valence electrons. The zero-order valence-corrected chi connectivity index (χ0v) is 54.4. The van der Waals surface area contributed by atoms with Gasteiger partial charge in [-0.25, -0.2) is 46.5 Å². The Balaban J connectivity index is 0.000000172. The molecule has 10 aromatic rings. The molecule has 0 unspecified atom stereocenters.